The second-order valence-electron chi connectivity index (χ2n) is 4.68. The average molecular weight is 327 g/mol. The van der Waals surface area contributed by atoms with Crippen molar-refractivity contribution in [3.63, 3.8) is 0 Å². The van der Waals surface area contributed by atoms with Gasteiger partial charge in [0, 0.05) is 24.1 Å². The summed E-state index contributed by atoms with van der Waals surface area (Å²) in [6, 6.07) is 6.20. The third kappa shape index (κ3) is 4.30. The number of aryl methyl sites for hydroxylation is 1. The zero-order valence-electron chi connectivity index (χ0n) is 11.0. The Kier molecular flexibility index (Phi) is 5.36. The fourth-order valence-corrected chi connectivity index (χ4v) is 2.49. The molecule has 1 fully saturated rings. The number of benzene rings is 1. The summed E-state index contributed by atoms with van der Waals surface area (Å²) in [6.07, 6.45) is 0.481. The number of halogens is 1. The van der Waals surface area contributed by atoms with Crippen LogP contribution in [0.15, 0.2) is 22.7 Å². The number of amides is 1. The quantitative estimate of drug-likeness (QED) is 0.879. The maximum absolute atomic E-state index is 11.9. The maximum atomic E-state index is 11.9. The molecule has 0 aliphatic carbocycles. The van der Waals surface area contributed by atoms with Crippen LogP contribution >= 0.6 is 15.9 Å². The molecule has 0 spiro atoms. The minimum absolute atomic E-state index is 0.0279. The summed E-state index contributed by atoms with van der Waals surface area (Å²) in [4.78, 5) is 11.9. The van der Waals surface area contributed by atoms with Crippen molar-refractivity contribution in [1.29, 1.82) is 0 Å². The molecule has 1 amide bonds. The minimum Gasteiger partial charge on any atom is -0.366 e. The molecule has 1 aromatic carbocycles. The summed E-state index contributed by atoms with van der Waals surface area (Å²) in [6.45, 7) is 4.74. The molecule has 2 N–H and O–H groups in total. The summed E-state index contributed by atoms with van der Waals surface area (Å²) in [5.74, 6) is -0.0279. The van der Waals surface area contributed by atoms with Gasteiger partial charge in [-0.3, -0.25) is 4.79 Å². The summed E-state index contributed by atoms with van der Waals surface area (Å²) in [7, 11) is 0. The van der Waals surface area contributed by atoms with Gasteiger partial charge in [-0.05, 0) is 36.6 Å². The van der Waals surface area contributed by atoms with Gasteiger partial charge in [0.2, 0.25) is 5.91 Å². The highest BCUT2D eigenvalue weighted by Crippen LogP contribution is 2.16. The van der Waals surface area contributed by atoms with Gasteiger partial charge in [0.1, 0.15) is 6.10 Å². The van der Waals surface area contributed by atoms with Crippen LogP contribution in [-0.2, 0) is 16.0 Å². The van der Waals surface area contributed by atoms with Crippen LogP contribution in [0.1, 0.15) is 11.1 Å². The van der Waals surface area contributed by atoms with Crippen LogP contribution in [0, 0.1) is 6.92 Å². The smallest absolute Gasteiger partial charge is 0.250 e. The molecule has 0 saturated carbocycles. The Morgan fingerprint density at radius 2 is 2.42 bits per heavy atom. The first kappa shape index (κ1) is 14.5. The second kappa shape index (κ2) is 7.03. The van der Waals surface area contributed by atoms with E-state index >= 15 is 0 Å². The van der Waals surface area contributed by atoms with E-state index in [1.54, 1.807) is 0 Å². The average Bonchev–Trinajstić information content (AvgIpc) is 2.43. The molecule has 1 heterocycles. The van der Waals surface area contributed by atoms with Gasteiger partial charge in [0.05, 0.1) is 6.61 Å². The summed E-state index contributed by atoms with van der Waals surface area (Å²) in [5, 5.41) is 6.08. The van der Waals surface area contributed by atoms with E-state index in [-0.39, 0.29) is 12.0 Å². The minimum atomic E-state index is -0.350. The van der Waals surface area contributed by atoms with Gasteiger partial charge < -0.3 is 15.4 Å². The molecule has 2 rings (SSSR count). The third-order valence-electron chi connectivity index (χ3n) is 3.22. The maximum Gasteiger partial charge on any atom is 0.250 e. The predicted molar refractivity (Wildman–Crippen MR) is 78.2 cm³/mol. The molecular weight excluding hydrogens is 308 g/mol. The highest BCUT2D eigenvalue weighted by molar-refractivity contribution is 9.10. The number of hydrogen-bond donors (Lipinski definition) is 2. The third-order valence-corrected chi connectivity index (χ3v) is 3.72. The molecule has 0 radical (unpaired) electrons. The molecule has 1 aromatic rings. The van der Waals surface area contributed by atoms with Crippen LogP contribution in [0.2, 0.25) is 0 Å². The van der Waals surface area contributed by atoms with Crippen LogP contribution in [0.3, 0.4) is 0 Å². The van der Waals surface area contributed by atoms with Gasteiger partial charge in [-0.1, -0.05) is 22.0 Å². The highest BCUT2D eigenvalue weighted by atomic mass is 79.9. The lowest BCUT2D eigenvalue weighted by molar-refractivity contribution is -0.134. The van der Waals surface area contributed by atoms with E-state index in [0.717, 1.165) is 17.4 Å². The number of carbonyl (C=O) groups is 1. The lowest BCUT2D eigenvalue weighted by atomic mass is 10.1. The molecule has 4 nitrogen and oxygen atoms in total. The van der Waals surface area contributed by atoms with Gasteiger partial charge >= 0.3 is 0 Å². The zero-order valence-corrected chi connectivity index (χ0v) is 12.6. The van der Waals surface area contributed by atoms with Gasteiger partial charge in [-0.15, -0.1) is 0 Å². The Balaban J connectivity index is 1.79. The molecule has 1 aliphatic heterocycles. The van der Waals surface area contributed by atoms with E-state index in [9.17, 15) is 4.79 Å². The molecule has 1 unspecified atom stereocenters. The summed E-state index contributed by atoms with van der Waals surface area (Å²) < 4.78 is 6.47. The number of nitrogens with one attached hydrogen (secondary N) is 2. The number of carbonyl (C=O) groups excluding carboxylic acids is 1. The van der Waals surface area contributed by atoms with Gasteiger partial charge in [0.25, 0.3) is 0 Å². The first-order chi connectivity index (χ1) is 9.16. The van der Waals surface area contributed by atoms with Crippen molar-refractivity contribution in [2.75, 3.05) is 26.2 Å². The van der Waals surface area contributed by atoms with Crippen LogP contribution in [0.5, 0.6) is 0 Å². The van der Waals surface area contributed by atoms with Crippen molar-refractivity contribution in [3.05, 3.63) is 33.8 Å². The molecule has 0 aromatic heterocycles. The molecule has 1 aliphatic rings. The zero-order chi connectivity index (χ0) is 13.7. The molecule has 0 bridgehead atoms. The van der Waals surface area contributed by atoms with E-state index in [1.807, 2.05) is 6.07 Å². The molecule has 1 atom stereocenters. The van der Waals surface area contributed by atoms with Crippen molar-refractivity contribution in [1.82, 2.24) is 10.6 Å². The Morgan fingerprint density at radius 3 is 3.16 bits per heavy atom. The second-order valence-corrected chi connectivity index (χ2v) is 5.59. The lowest BCUT2D eigenvalue weighted by Crippen LogP contribution is -2.48. The van der Waals surface area contributed by atoms with Crippen LogP contribution in [0.25, 0.3) is 0 Å². The van der Waals surface area contributed by atoms with Gasteiger partial charge in [-0.25, -0.2) is 0 Å². The highest BCUT2D eigenvalue weighted by Gasteiger charge is 2.20. The lowest BCUT2D eigenvalue weighted by Gasteiger charge is -2.22. The van der Waals surface area contributed by atoms with E-state index in [4.69, 9.17) is 4.74 Å². The van der Waals surface area contributed by atoms with Crippen molar-refractivity contribution < 1.29 is 9.53 Å². The first-order valence-electron chi connectivity index (χ1n) is 6.52. The Hall–Kier alpha value is -0.910. The number of ether oxygens (including phenoxy) is 1. The predicted octanol–water partition coefficient (Wildman–Crippen LogP) is 1.40. The van der Waals surface area contributed by atoms with Crippen LogP contribution in [0.4, 0.5) is 0 Å². The topological polar surface area (TPSA) is 50.4 Å². The Bertz CT molecular complexity index is 445. The molecule has 5 heteroatoms. The van der Waals surface area contributed by atoms with E-state index in [2.05, 4.69) is 45.6 Å². The first-order valence-corrected chi connectivity index (χ1v) is 7.31. The van der Waals surface area contributed by atoms with Crippen molar-refractivity contribution in [2.24, 2.45) is 0 Å². The van der Waals surface area contributed by atoms with Crippen molar-refractivity contribution >= 4 is 21.8 Å². The Labute approximate surface area is 122 Å². The molecule has 1 saturated heterocycles. The largest absolute Gasteiger partial charge is 0.366 e. The van der Waals surface area contributed by atoms with E-state index in [1.165, 1.54) is 11.1 Å². The molecular formula is C14H19BrN2O2. The van der Waals surface area contributed by atoms with E-state index < -0.39 is 0 Å². The number of rotatable bonds is 4. The summed E-state index contributed by atoms with van der Waals surface area (Å²) >= 11 is 3.46. The van der Waals surface area contributed by atoms with Crippen molar-refractivity contribution in [2.45, 2.75) is 19.4 Å². The fourth-order valence-electron chi connectivity index (χ4n) is 2.08. The van der Waals surface area contributed by atoms with Crippen LogP contribution in [-0.4, -0.2) is 38.3 Å². The van der Waals surface area contributed by atoms with Gasteiger partial charge in [-0.2, -0.15) is 0 Å². The Morgan fingerprint density at radius 1 is 1.58 bits per heavy atom. The fraction of sp³-hybridized carbons (Fsp3) is 0.500. The standard InChI is InChI=1S/C14H19BrN2O2/c1-10-2-3-12(15)8-11(10)4-5-17-14(18)13-9-16-6-7-19-13/h2-3,8,13,16H,4-7,9H2,1H3,(H,17,18). The SMILES string of the molecule is Cc1ccc(Br)cc1CCNC(=O)C1CNCCO1. The molecule has 19 heavy (non-hydrogen) atoms. The summed E-state index contributed by atoms with van der Waals surface area (Å²) in [5.41, 5.74) is 2.49. The normalized spacial score (nSPS) is 19.2. The van der Waals surface area contributed by atoms with E-state index in [0.29, 0.717) is 19.7 Å². The van der Waals surface area contributed by atoms with Crippen molar-refractivity contribution in [3.8, 4) is 0 Å². The number of hydrogen-bond acceptors (Lipinski definition) is 3. The van der Waals surface area contributed by atoms with Gasteiger partial charge in [0.15, 0.2) is 0 Å². The number of morpholine rings is 1. The monoisotopic (exact) mass is 326 g/mol. The molecule has 104 valence electrons. The van der Waals surface area contributed by atoms with Crippen LogP contribution < -0.4 is 10.6 Å².